The van der Waals surface area contributed by atoms with Gasteiger partial charge in [0, 0.05) is 5.02 Å². The second-order valence-corrected chi connectivity index (χ2v) is 10.6. The van der Waals surface area contributed by atoms with Gasteiger partial charge < -0.3 is 9.16 Å². The maximum atomic E-state index is 12.2. The van der Waals surface area contributed by atoms with Crippen molar-refractivity contribution in [3.63, 3.8) is 0 Å². The molecule has 0 saturated heterocycles. The van der Waals surface area contributed by atoms with E-state index in [0.29, 0.717) is 23.8 Å². The highest BCUT2D eigenvalue weighted by Gasteiger charge is 2.33. The van der Waals surface area contributed by atoms with Gasteiger partial charge in [-0.25, -0.2) is 4.79 Å². The molecule has 0 N–H and O–H groups in total. The van der Waals surface area contributed by atoms with Crippen molar-refractivity contribution in [2.24, 2.45) is 0 Å². The number of allylic oxidation sites excluding steroid dienone is 1. The molecule has 0 atom stereocenters. The molecule has 0 unspecified atom stereocenters. The van der Waals surface area contributed by atoms with Crippen molar-refractivity contribution < 1.29 is 14.0 Å². The summed E-state index contributed by atoms with van der Waals surface area (Å²) < 4.78 is 11.4. The summed E-state index contributed by atoms with van der Waals surface area (Å²) in [4.78, 5) is 12.2. The van der Waals surface area contributed by atoms with Crippen molar-refractivity contribution in [3.05, 3.63) is 46.7 Å². The van der Waals surface area contributed by atoms with Crippen molar-refractivity contribution in [3.8, 4) is 0 Å². The van der Waals surface area contributed by atoms with Crippen LogP contribution in [-0.2, 0) is 20.4 Å². The van der Waals surface area contributed by atoms with Crippen LogP contribution in [0.4, 0.5) is 0 Å². The summed E-state index contributed by atoms with van der Waals surface area (Å²) in [5.41, 5.74) is 1.08. The molecule has 128 valence electrons. The standard InChI is InChI=1S/C18H27ClO3Si/c1-5-21-18(20)17(22-23(6-2,7-3)8-4)14-11-15-9-12-16(19)13-10-15/h9-10,12-14H,5-8,11H2,1-4H3/b17-14-. The van der Waals surface area contributed by atoms with Crippen LogP contribution in [0.15, 0.2) is 36.1 Å². The summed E-state index contributed by atoms with van der Waals surface area (Å²) in [6.07, 6.45) is 2.46. The van der Waals surface area contributed by atoms with E-state index in [0.717, 1.165) is 23.7 Å². The first kappa shape index (κ1) is 19.8. The Morgan fingerprint density at radius 3 is 2.13 bits per heavy atom. The van der Waals surface area contributed by atoms with Crippen LogP contribution in [0, 0.1) is 0 Å². The number of carbonyl (C=O) groups is 1. The van der Waals surface area contributed by atoms with Crippen molar-refractivity contribution >= 4 is 25.9 Å². The Morgan fingerprint density at radius 1 is 1.09 bits per heavy atom. The second kappa shape index (κ2) is 9.78. The minimum atomic E-state index is -1.91. The average molecular weight is 355 g/mol. The molecule has 1 rings (SSSR count). The maximum absolute atomic E-state index is 12.2. The average Bonchev–Trinajstić information content (AvgIpc) is 2.57. The molecule has 0 radical (unpaired) electrons. The summed E-state index contributed by atoms with van der Waals surface area (Å²) >= 11 is 5.90. The molecule has 0 saturated carbocycles. The molecule has 0 bridgehead atoms. The SMILES string of the molecule is CCOC(=O)/C(=C/Cc1ccc(Cl)cc1)O[Si](CC)(CC)CC. The quantitative estimate of drug-likeness (QED) is 0.259. The number of benzene rings is 1. The van der Waals surface area contributed by atoms with Gasteiger partial charge in [-0.2, -0.15) is 0 Å². The van der Waals surface area contributed by atoms with Crippen LogP contribution in [0.25, 0.3) is 0 Å². The fraction of sp³-hybridized carbons (Fsp3) is 0.500. The molecule has 0 aliphatic rings. The van der Waals surface area contributed by atoms with E-state index in [9.17, 15) is 4.79 Å². The first-order valence-corrected chi connectivity index (χ1v) is 11.2. The molecule has 0 fully saturated rings. The highest BCUT2D eigenvalue weighted by molar-refractivity contribution is 6.74. The number of esters is 1. The largest absolute Gasteiger partial charge is 0.539 e. The molecule has 0 amide bonds. The molecule has 0 aromatic heterocycles. The molecule has 0 aliphatic carbocycles. The Bertz CT molecular complexity index is 513. The van der Waals surface area contributed by atoms with Gasteiger partial charge in [0.2, 0.25) is 0 Å². The number of rotatable bonds is 9. The van der Waals surface area contributed by atoms with Gasteiger partial charge in [0.15, 0.2) is 5.76 Å². The smallest absolute Gasteiger partial charge is 0.371 e. The summed E-state index contributed by atoms with van der Waals surface area (Å²) in [6, 6.07) is 10.5. The molecule has 5 heteroatoms. The summed E-state index contributed by atoms with van der Waals surface area (Å²) in [5, 5.41) is 0.703. The zero-order valence-corrected chi connectivity index (χ0v) is 16.3. The molecule has 1 aromatic rings. The summed E-state index contributed by atoms with van der Waals surface area (Å²) in [6.45, 7) is 8.57. The molecule has 3 nitrogen and oxygen atoms in total. The lowest BCUT2D eigenvalue weighted by Gasteiger charge is -2.29. The summed E-state index contributed by atoms with van der Waals surface area (Å²) in [7, 11) is -1.91. The fourth-order valence-corrected chi connectivity index (χ4v) is 5.09. The Labute approximate surface area is 145 Å². The number of hydrogen-bond acceptors (Lipinski definition) is 3. The van der Waals surface area contributed by atoms with Gasteiger partial charge in [0.25, 0.3) is 8.32 Å². The van der Waals surface area contributed by atoms with Crippen molar-refractivity contribution in [2.45, 2.75) is 52.2 Å². The Kier molecular flexibility index (Phi) is 8.41. The number of halogens is 1. The van der Waals surface area contributed by atoms with E-state index in [1.54, 1.807) is 6.92 Å². The first-order chi connectivity index (χ1) is 11.0. The Balaban J connectivity index is 2.97. The molecule has 0 aliphatic heterocycles. The minimum absolute atomic E-state index is 0.347. The van der Waals surface area contributed by atoms with Crippen molar-refractivity contribution in [1.82, 2.24) is 0 Å². The van der Waals surface area contributed by atoms with E-state index in [1.807, 2.05) is 30.3 Å². The van der Waals surface area contributed by atoms with Crippen LogP contribution in [0.2, 0.25) is 23.2 Å². The van der Waals surface area contributed by atoms with Crippen LogP contribution < -0.4 is 0 Å². The lowest BCUT2D eigenvalue weighted by atomic mass is 10.1. The molecule has 1 aromatic carbocycles. The van der Waals surface area contributed by atoms with Crippen LogP contribution in [0.3, 0.4) is 0 Å². The topological polar surface area (TPSA) is 35.5 Å². The third-order valence-corrected chi connectivity index (χ3v) is 8.94. The van der Waals surface area contributed by atoms with Gasteiger partial charge in [-0.3, -0.25) is 0 Å². The van der Waals surface area contributed by atoms with E-state index in [1.165, 1.54) is 0 Å². The normalized spacial score (nSPS) is 12.1. The fourth-order valence-electron chi connectivity index (χ4n) is 2.40. The first-order valence-electron chi connectivity index (χ1n) is 8.31. The third-order valence-electron chi connectivity index (χ3n) is 4.17. The third kappa shape index (κ3) is 6.03. The van der Waals surface area contributed by atoms with Crippen molar-refractivity contribution in [1.29, 1.82) is 0 Å². The Hall–Kier alpha value is -1.26. The van der Waals surface area contributed by atoms with Crippen LogP contribution in [-0.4, -0.2) is 20.9 Å². The lowest BCUT2D eigenvalue weighted by Crippen LogP contribution is -2.37. The van der Waals surface area contributed by atoms with Gasteiger partial charge in [-0.1, -0.05) is 44.5 Å². The second-order valence-electron chi connectivity index (χ2n) is 5.47. The molecule has 0 heterocycles. The van der Waals surface area contributed by atoms with Gasteiger partial charge in [-0.15, -0.1) is 0 Å². The van der Waals surface area contributed by atoms with Gasteiger partial charge in [0.05, 0.1) is 6.61 Å². The monoisotopic (exact) mass is 354 g/mol. The van der Waals surface area contributed by atoms with Crippen LogP contribution >= 0.6 is 11.6 Å². The summed E-state index contributed by atoms with van der Waals surface area (Å²) in [5.74, 6) is -0.00675. The van der Waals surface area contributed by atoms with Gasteiger partial charge in [-0.05, 0) is 55.2 Å². The zero-order valence-electron chi connectivity index (χ0n) is 14.5. The van der Waals surface area contributed by atoms with E-state index in [-0.39, 0.29) is 5.97 Å². The number of carbonyl (C=O) groups excluding carboxylic acids is 1. The number of ether oxygens (including phenoxy) is 1. The minimum Gasteiger partial charge on any atom is -0.539 e. The molecule has 0 spiro atoms. The zero-order chi connectivity index (χ0) is 17.3. The highest BCUT2D eigenvalue weighted by atomic mass is 35.5. The molecular weight excluding hydrogens is 328 g/mol. The predicted molar refractivity (Wildman–Crippen MR) is 98.2 cm³/mol. The van der Waals surface area contributed by atoms with E-state index < -0.39 is 8.32 Å². The molecule has 23 heavy (non-hydrogen) atoms. The van der Waals surface area contributed by atoms with Crippen LogP contribution in [0.5, 0.6) is 0 Å². The van der Waals surface area contributed by atoms with Crippen LogP contribution in [0.1, 0.15) is 33.3 Å². The number of hydrogen-bond donors (Lipinski definition) is 0. The molecular formula is C18H27ClO3Si. The Morgan fingerprint density at radius 2 is 1.65 bits per heavy atom. The maximum Gasteiger partial charge on any atom is 0.371 e. The lowest BCUT2D eigenvalue weighted by molar-refractivity contribution is -0.141. The van der Waals surface area contributed by atoms with Gasteiger partial charge >= 0.3 is 5.97 Å². The van der Waals surface area contributed by atoms with E-state index >= 15 is 0 Å². The van der Waals surface area contributed by atoms with E-state index in [2.05, 4.69) is 20.8 Å². The predicted octanol–water partition coefficient (Wildman–Crippen LogP) is 5.35. The van der Waals surface area contributed by atoms with Gasteiger partial charge in [0.1, 0.15) is 0 Å². The highest BCUT2D eigenvalue weighted by Crippen LogP contribution is 2.25. The van der Waals surface area contributed by atoms with Crippen molar-refractivity contribution in [2.75, 3.05) is 6.61 Å². The van der Waals surface area contributed by atoms with E-state index in [4.69, 9.17) is 20.8 Å².